The summed E-state index contributed by atoms with van der Waals surface area (Å²) in [5.74, 6) is 3.38. The number of aromatic amines is 1. The van der Waals surface area contributed by atoms with Crippen molar-refractivity contribution in [1.82, 2.24) is 30.1 Å². The second-order valence-corrected chi connectivity index (χ2v) is 6.42. The summed E-state index contributed by atoms with van der Waals surface area (Å²) in [6.45, 7) is 5.12. The van der Waals surface area contributed by atoms with Crippen molar-refractivity contribution in [3.8, 4) is 0 Å². The van der Waals surface area contributed by atoms with E-state index in [-0.39, 0.29) is 12.0 Å². The van der Waals surface area contributed by atoms with Gasteiger partial charge in [-0.05, 0) is 19.3 Å². The predicted molar refractivity (Wildman–Crippen MR) is 88.6 cm³/mol. The van der Waals surface area contributed by atoms with E-state index in [1.807, 2.05) is 19.0 Å². The van der Waals surface area contributed by atoms with Gasteiger partial charge in [0.2, 0.25) is 11.9 Å². The monoisotopic (exact) mass is 316 g/mol. The average molecular weight is 316 g/mol. The molecule has 0 spiro atoms. The van der Waals surface area contributed by atoms with Crippen molar-refractivity contribution in [2.75, 3.05) is 30.4 Å². The second-order valence-electron chi connectivity index (χ2n) is 6.42. The zero-order valence-corrected chi connectivity index (χ0v) is 14.2. The molecule has 1 saturated heterocycles. The quantitative estimate of drug-likeness (QED) is 0.922. The minimum Gasteiger partial charge on any atom is -0.347 e. The van der Waals surface area contributed by atoms with Crippen LogP contribution in [-0.2, 0) is 0 Å². The van der Waals surface area contributed by atoms with Crippen LogP contribution in [0.2, 0.25) is 0 Å². The molecule has 0 unspecified atom stereocenters. The molecule has 124 valence electrons. The van der Waals surface area contributed by atoms with Gasteiger partial charge in [-0.2, -0.15) is 20.1 Å². The first-order chi connectivity index (χ1) is 11.1. The van der Waals surface area contributed by atoms with Crippen LogP contribution in [0.5, 0.6) is 0 Å². The molecular formula is C15H24N8. The molecule has 0 radical (unpaired) electrons. The maximum absolute atomic E-state index is 4.71. The fourth-order valence-corrected chi connectivity index (χ4v) is 2.79. The van der Waals surface area contributed by atoms with Crippen LogP contribution in [0.25, 0.3) is 0 Å². The van der Waals surface area contributed by atoms with E-state index >= 15 is 0 Å². The third kappa shape index (κ3) is 3.25. The molecule has 1 aliphatic rings. The highest BCUT2D eigenvalue weighted by Gasteiger charge is 2.29. The minimum atomic E-state index is 0.142. The number of hydrogen-bond acceptors (Lipinski definition) is 7. The summed E-state index contributed by atoms with van der Waals surface area (Å²) in [6, 6.07) is 0.142. The molecule has 1 N–H and O–H groups in total. The van der Waals surface area contributed by atoms with E-state index < -0.39 is 0 Å². The van der Waals surface area contributed by atoms with Gasteiger partial charge in [-0.3, -0.25) is 5.10 Å². The third-order valence-corrected chi connectivity index (χ3v) is 4.05. The van der Waals surface area contributed by atoms with Crippen molar-refractivity contribution < 1.29 is 0 Å². The van der Waals surface area contributed by atoms with Crippen molar-refractivity contribution in [3.63, 3.8) is 0 Å². The van der Waals surface area contributed by atoms with E-state index in [2.05, 4.69) is 43.9 Å². The van der Waals surface area contributed by atoms with Crippen LogP contribution in [0.3, 0.4) is 0 Å². The predicted octanol–water partition coefficient (Wildman–Crippen LogP) is 1.91. The van der Waals surface area contributed by atoms with E-state index in [4.69, 9.17) is 4.98 Å². The lowest BCUT2D eigenvalue weighted by Gasteiger charge is -2.34. The Kier molecular flexibility index (Phi) is 4.40. The Labute approximate surface area is 136 Å². The molecule has 0 bridgehead atoms. The molecule has 1 aliphatic heterocycles. The fraction of sp³-hybridized carbons (Fsp3) is 0.667. The number of nitrogens with zero attached hydrogens (tertiary/aromatic N) is 7. The van der Waals surface area contributed by atoms with Crippen LogP contribution < -0.4 is 9.80 Å². The zero-order chi connectivity index (χ0) is 16.4. The van der Waals surface area contributed by atoms with Gasteiger partial charge in [-0.1, -0.05) is 13.8 Å². The molecule has 0 aliphatic carbocycles. The molecule has 1 fully saturated rings. The van der Waals surface area contributed by atoms with Gasteiger partial charge in [-0.25, -0.2) is 4.98 Å². The van der Waals surface area contributed by atoms with E-state index in [1.165, 1.54) is 6.42 Å². The van der Waals surface area contributed by atoms with Crippen molar-refractivity contribution in [1.29, 1.82) is 0 Å². The molecule has 3 heterocycles. The number of rotatable bonds is 4. The lowest BCUT2D eigenvalue weighted by Crippen LogP contribution is -2.36. The normalized spacial score (nSPS) is 18.5. The Morgan fingerprint density at radius 3 is 2.70 bits per heavy atom. The standard InChI is InChI=1S/C15H24N8/c1-10(2)12-18-14(22(3)4)20-15(19-12)23-8-6-5-7-11(23)13-16-9-17-21-13/h9-11H,5-8H2,1-4H3,(H,16,17,21)/t11-/m1/s1. The van der Waals surface area contributed by atoms with Crippen molar-refractivity contribution in [3.05, 3.63) is 18.0 Å². The topological polar surface area (TPSA) is 86.7 Å². The summed E-state index contributed by atoms with van der Waals surface area (Å²) in [4.78, 5) is 22.4. The zero-order valence-electron chi connectivity index (χ0n) is 14.2. The highest BCUT2D eigenvalue weighted by molar-refractivity contribution is 5.40. The summed E-state index contributed by atoms with van der Waals surface area (Å²) >= 11 is 0. The molecule has 23 heavy (non-hydrogen) atoms. The van der Waals surface area contributed by atoms with Gasteiger partial charge >= 0.3 is 0 Å². The molecular weight excluding hydrogens is 292 g/mol. The molecule has 8 nitrogen and oxygen atoms in total. The van der Waals surface area contributed by atoms with Crippen LogP contribution in [0.1, 0.15) is 56.7 Å². The average Bonchev–Trinajstić information content (AvgIpc) is 3.08. The summed E-state index contributed by atoms with van der Waals surface area (Å²) in [5.41, 5.74) is 0. The van der Waals surface area contributed by atoms with Gasteiger partial charge in [0, 0.05) is 26.6 Å². The van der Waals surface area contributed by atoms with E-state index in [0.717, 1.165) is 37.0 Å². The first-order valence-electron chi connectivity index (χ1n) is 8.11. The number of piperidine rings is 1. The van der Waals surface area contributed by atoms with Crippen molar-refractivity contribution >= 4 is 11.9 Å². The largest absolute Gasteiger partial charge is 0.347 e. The Bertz CT molecular complexity index is 611. The third-order valence-electron chi connectivity index (χ3n) is 4.05. The van der Waals surface area contributed by atoms with E-state index in [9.17, 15) is 0 Å². The highest BCUT2D eigenvalue weighted by Crippen LogP contribution is 2.32. The first kappa shape index (κ1) is 15.6. The van der Waals surface area contributed by atoms with Crippen LogP contribution in [0.15, 0.2) is 6.33 Å². The van der Waals surface area contributed by atoms with Gasteiger partial charge in [0.25, 0.3) is 0 Å². The number of aromatic nitrogens is 6. The SMILES string of the molecule is CC(C)c1nc(N(C)C)nc(N2CCCC[C@@H]2c2ncn[nH]2)n1. The van der Waals surface area contributed by atoms with Crippen molar-refractivity contribution in [2.24, 2.45) is 0 Å². The summed E-state index contributed by atoms with van der Waals surface area (Å²) < 4.78 is 0. The number of hydrogen-bond donors (Lipinski definition) is 1. The molecule has 3 rings (SSSR count). The Morgan fingerprint density at radius 1 is 1.22 bits per heavy atom. The maximum atomic E-state index is 4.71. The molecule has 1 atom stereocenters. The molecule has 8 heteroatoms. The Balaban J connectivity index is 2.00. The highest BCUT2D eigenvalue weighted by atomic mass is 15.4. The van der Waals surface area contributed by atoms with Crippen LogP contribution in [0, 0.1) is 0 Å². The maximum Gasteiger partial charge on any atom is 0.231 e. The van der Waals surface area contributed by atoms with Gasteiger partial charge in [0.15, 0.2) is 0 Å². The van der Waals surface area contributed by atoms with E-state index in [0.29, 0.717) is 5.95 Å². The number of nitrogens with one attached hydrogen (secondary N) is 1. The van der Waals surface area contributed by atoms with Gasteiger partial charge in [-0.15, -0.1) is 0 Å². The smallest absolute Gasteiger partial charge is 0.231 e. The van der Waals surface area contributed by atoms with E-state index in [1.54, 1.807) is 6.33 Å². The summed E-state index contributed by atoms with van der Waals surface area (Å²) in [5, 5.41) is 6.99. The Morgan fingerprint density at radius 2 is 2.04 bits per heavy atom. The molecule has 2 aromatic heterocycles. The number of H-pyrrole nitrogens is 1. The van der Waals surface area contributed by atoms with Gasteiger partial charge in [0.1, 0.15) is 18.0 Å². The molecule has 2 aromatic rings. The lowest BCUT2D eigenvalue weighted by molar-refractivity contribution is 0.448. The summed E-state index contributed by atoms with van der Waals surface area (Å²) in [6.07, 6.45) is 4.88. The Hall–Kier alpha value is -2.25. The van der Waals surface area contributed by atoms with Crippen LogP contribution in [0.4, 0.5) is 11.9 Å². The number of anilines is 2. The molecule has 0 aromatic carbocycles. The molecule has 0 amide bonds. The lowest BCUT2D eigenvalue weighted by atomic mass is 10.0. The summed E-state index contributed by atoms with van der Waals surface area (Å²) in [7, 11) is 3.90. The van der Waals surface area contributed by atoms with Crippen molar-refractivity contribution in [2.45, 2.75) is 45.1 Å². The van der Waals surface area contributed by atoms with Crippen LogP contribution >= 0.6 is 0 Å². The van der Waals surface area contributed by atoms with Crippen LogP contribution in [-0.4, -0.2) is 50.8 Å². The fourth-order valence-electron chi connectivity index (χ4n) is 2.79. The minimum absolute atomic E-state index is 0.142. The van der Waals surface area contributed by atoms with Gasteiger partial charge < -0.3 is 9.80 Å². The first-order valence-corrected chi connectivity index (χ1v) is 8.11. The second kappa shape index (κ2) is 6.47. The molecule has 0 saturated carbocycles. The van der Waals surface area contributed by atoms with Gasteiger partial charge in [0.05, 0.1) is 6.04 Å².